The zero-order chi connectivity index (χ0) is 12.3. The molecule has 1 aromatic rings. The Hall–Kier alpha value is -0.910. The Morgan fingerprint density at radius 1 is 1.59 bits per heavy atom. The Bertz CT molecular complexity index is 359. The van der Waals surface area contributed by atoms with Gasteiger partial charge in [0, 0.05) is 37.9 Å². The summed E-state index contributed by atoms with van der Waals surface area (Å²) >= 11 is 0. The van der Waals surface area contributed by atoms with Crippen LogP contribution in [0.5, 0.6) is 0 Å². The monoisotopic (exact) mass is 239 g/mol. The highest BCUT2D eigenvalue weighted by atomic mass is 16.5. The second kappa shape index (κ2) is 5.62. The number of hydrogen-bond donors (Lipinski definition) is 2. The molecule has 1 atom stereocenters. The van der Waals surface area contributed by atoms with Crippen molar-refractivity contribution < 1.29 is 9.84 Å². The second-order valence-corrected chi connectivity index (χ2v) is 4.62. The van der Waals surface area contributed by atoms with Gasteiger partial charge in [-0.3, -0.25) is 4.68 Å². The molecule has 1 aliphatic rings. The molecule has 0 aliphatic carbocycles. The van der Waals surface area contributed by atoms with Crippen LogP contribution in [-0.4, -0.2) is 34.6 Å². The van der Waals surface area contributed by atoms with E-state index >= 15 is 0 Å². The van der Waals surface area contributed by atoms with E-state index in [1.54, 1.807) is 4.68 Å². The third-order valence-corrected chi connectivity index (χ3v) is 3.29. The molecule has 0 amide bonds. The van der Waals surface area contributed by atoms with Crippen molar-refractivity contribution in [3.63, 3.8) is 0 Å². The van der Waals surface area contributed by atoms with E-state index in [0.717, 1.165) is 37.3 Å². The summed E-state index contributed by atoms with van der Waals surface area (Å²) in [4.78, 5) is 0. The number of nitrogens with zero attached hydrogens (tertiary/aromatic N) is 2. The van der Waals surface area contributed by atoms with Gasteiger partial charge < -0.3 is 15.6 Å². The number of rotatable bonds is 4. The minimum Gasteiger partial charge on any atom is -0.388 e. The molecular weight excluding hydrogens is 218 g/mol. The van der Waals surface area contributed by atoms with Crippen molar-refractivity contribution in [2.45, 2.75) is 31.3 Å². The van der Waals surface area contributed by atoms with Crippen LogP contribution in [0.4, 0.5) is 0 Å². The first-order chi connectivity index (χ1) is 8.22. The largest absolute Gasteiger partial charge is 0.388 e. The minimum atomic E-state index is -0.494. The Morgan fingerprint density at radius 3 is 2.94 bits per heavy atom. The zero-order valence-corrected chi connectivity index (χ0v) is 10.3. The molecule has 0 bridgehead atoms. The highest BCUT2D eigenvalue weighted by Crippen LogP contribution is 2.31. The van der Waals surface area contributed by atoms with E-state index in [4.69, 9.17) is 10.5 Å². The predicted octanol–water partition coefficient (Wildman–Crippen LogP) is 0.696. The van der Waals surface area contributed by atoms with Crippen LogP contribution in [0.15, 0.2) is 6.20 Å². The third-order valence-electron chi connectivity index (χ3n) is 3.29. The lowest BCUT2D eigenvalue weighted by Gasteiger charge is -2.22. The lowest BCUT2D eigenvalue weighted by Crippen LogP contribution is -2.17. The van der Waals surface area contributed by atoms with Crippen molar-refractivity contribution in [1.82, 2.24) is 9.78 Å². The van der Waals surface area contributed by atoms with Crippen LogP contribution in [0.25, 0.3) is 0 Å². The molecule has 0 radical (unpaired) electrons. The lowest BCUT2D eigenvalue weighted by molar-refractivity contribution is 0.0832. The van der Waals surface area contributed by atoms with Crippen molar-refractivity contribution in [1.29, 1.82) is 0 Å². The first-order valence-electron chi connectivity index (χ1n) is 6.21. The quantitative estimate of drug-likeness (QED) is 0.811. The molecule has 96 valence electrons. The van der Waals surface area contributed by atoms with E-state index in [1.807, 2.05) is 13.2 Å². The zero-order valence-electron chi connectivity index (χ0n) is 10.3. The maximum Gasteiger partial charge on any atom is 0.0835 e. The van der Waals surface area contributed by atoms with E-state index in [-0.39, 0.29) is 0 Å². The third kappa shape index (κ3) is 2.86. The van der Waals surface area contributed by atoms with E-state index < -0.39 is 6.10 Å². The van der Waals surface area contributed by atoms with Crippen molar-refractivity contribution in [2.75, 3.05) is 19.8 Å². The first kappa shape index (κ1) is 12.5. The SMILES string of the molecule is Cn1cc([C@@H](O)CCN)c(C2CCOCC2)n1. The summed E-state index contributed by atoms with van der Waals surface area (Å²) in [5, 5.41) is 14.6. The van der Waals surface area contributed by atoms with Crippen molar-refractivity contribution >= 4 is 0 Å². The maximum atomic E-state index is 10.1. The van der Waals surface area contributed by atoms with Gasteiger partial charge in [0.05, 0.1) is 11.8 Å². The molecule has 0 saturated carbocycles. The average molecular weight is 239 g/mol. The lowest BCUT2D eigenvalue weighted by atomic mass is 9.92. The summed E-state index contributed by atoms with van der Waals surface area (Å²) in [5.74, 6) is 0.410. The van der Waals surface area contributed by atoms with Gasteiger partial charge >= 0.3 is 0 Å². The average Bonchev–Trinajstić information content (AvgIpc) is 2.73. The Labute approximate surface area is 102 Å². The fourth-order valence-electron chi connectivity index (χ4n) is 2.38. The van der Waals surface area contributed by atoms with E-state index in [1.165, 1.54) is 0 Å². The Balaban J connectivity index is 2.19. The normalized spacial score (nSPS) is 19.5. The van der Waals surface area contributed by atoms with Crippen LogP contribution in [0.2, 0.25) is 0 Å². The molecule has 17 heavy (non-hydrogen) atoms. The number of aromatic nitrogens is 2. The van der Waals surface area contributed by atoms with Gasteiger partial charge in [-0.2, -0.15) is 5.10 Å². The van der Waals surface area contributed by atoms with Gasteiger partial charge in [0.25, 0.3) is 0 Å². The van der Waals surface area contributed by atoms with Crippen LogP contribution >= 0.6 is 0 Å². The molecule has 3 N–H and O–H groups in total. The molecule has 0 aromatic carbocycles. The Kier molecular flexibility index (Phi) is 4.15. The molecule has 0 spiro atoms. The van der Waals surface area contributed by atoms with Gasteiger partial charge in [-0.15, -0.1) is 0 Å². The number of aliphatic hydroxyl groups excluding tert-OH is 1. The summed E-state index contributed by atoms with van der Waals surface area (Å²) in [5.41, 5.74) is 7.45. The van der Waals surface area contributed by atoms with E-state index in [0.29, 0.717) is 18.9 Å². The van der Waals surface area contributed by atoms with Crippen LogP contribution in [0.3, 0.4) is 0 Å². The summed E-state index contributed by atoms with van der Waals surface area (Å²) in [6, 6.07) is 0. The number of aliphatic hydroxyl groups is 1. The molecule has 5 nitrogen and oxygen atoms in total. The highest BCUT2D eigenvalue weighted by molar-refractivity contribution is 5.24. The fraction of sp³-hybridized carbons (Fsp3) is 0.750. The van der Waals surface area contributed by atoms with Crippen molar-refractivity contribution in [3.05, 3.63) is 17.5 Å². The number of nitrogens with two attached hydrogens (primary N) is 1. The van der Waals surface area contributed by atoms with Gasteiger partial charge in [-0.1, -0.05) is 0 Å². The molecule has 1 aliphatic heterocycles. The summed E-state index contributed by atoms with van der Waals surface area (Å²) < 4.78 is 7.14. The molecular formula is C12H21N3O2. The first-order valence-corrected chi connectivity index (χ1v) is 6.21. The highest BCUT2D eigenvalue weighted by Gasteiger charge is 2.24. The number of hydrogen-bond acceptors (Lipinski definition) is 4. The summed E-state index contributed by atoms with van der Waals surface area (Å²) in [7, 11) is 1.89. The van der Waals surface area contributed by atoms with Gasteiger partial charge in [0.15, 0.2) is 0 Å². The van der Waals surface area contributed by atoms with Gasteiger partial charge in [0.1, 0.15) is 0 Å². The Morgan fingerprint density at radius 2 is 2.29 bits per heavy atom. The van der Waals surface area contributed by atoms with E-state index in [9.17, 15) is 5.11 Å². The van der Waals surface area contributed by atoms with Crippen LogP contribution in [0.1, 0.15) is 42.5 Å². The molecule has 1 fully saturated rings. The van der Waals surface area contributed by atoms with Crippen LogP contribution in [-0.2, 0) is 11.8 Å². The minimum absolute atomic E-state index is 0.410. The summed E-state index contributed by atoms with van der Waals surface area (Å²) in [6.45, 7) is 2.06. The van der Waals surface area contributed by atoms with Gasteiger partial charge in [-0.05, 0) is 25.8 Å². The van der Waals surface area contributed by atoms with Crippen LogP contribution < -0.4 is 5.73 Å². The second-order valence-electron chi connectivity index (χ2n) is 4.62. The maximum absolute atomic E-state index is 10.1. The van der Waals surface area contributed by atoms with Gasteiger partial charge in [0.2, 0.25) is 0 Å². The number of aryl methyl sites for hydroxylation is 1. The molecule has 1 aromatic heterocycles. The molecule has 0 unspecified atom stereocenters. The fourth-order valence-corrected chi connectivity index (χ4v) is 2.38. The molecule has 2 heterocycles. The van der Waals surface area contributed by atoms with Crippen molar-refractivity contribution in [3.8, 4) is 0 Å². The van der Waals surface area contributed by atoms with Gasteiger partial charge in [-0.25, -0.2) is 0 Å². The number of ether oxygens (including phenoxy) is 1. The standard InChI is InChI=1S/C12H21N3O2/c1-15-8-10(11(16)2-5-13)12(14-15)9-3-6-17-7-4-9/h8-9,11,16H,2-7,13H2,1H3/t11-/m0/s1. The van der Waals surface area contributed by atoms with Crippen molar-refractivity contribution in [2.24, 2.45) is 12.8 Å². The molecule has 5 heteroatoms. The smallest absolute Gasteiger partial charge is 0.0835 e. The van der Waals surface area contributed by atoms with Crippen LogP contribution in [0, 0.1) is 0 Å². The topological polar surface area (TPSA) is 73.3 Å². The molecule has 2 rings (SSSR count). The summed E-state index contributed by atoms with van der Waals surface area (Å²) in [6.07, 6.45) is 3.97. The van der Waals surface area contributed by atoms with E-state index in [2.05, 4.69) is 5.10 Å². The molecule has 1 saturated heterocycles. The predicted molar refractivity (Wildman–Crippen MR) is 64.6 cm³/mol.